The Morgan fingerprint density at radius 2 is 1.53 bits per heavy atom. The number of phenols is 1. The Balaban J connectivity index is 1.69. The van der Waals surface area contributed by atoms with Gasteiger partial charge >= 0.3 is 0 Å². The number of β-amino-alcohol motifs (C(OH)–C–C–N with tert-alkyl or cyclic N) is 1. The third-order valence-electron chi connectivity index (χ3n) is 6.59. The first-order chi connectivity index (χ1) is 16.3. The molecule has 1 fully saturated rings. The Kier molecular flexibility index (Phi) is 7.48. The summed E-state index contributed by atoms with van der Waals surface area (Å²) in [6.45, 7) is 3.76. The van der Waals surface area contributed by atoms with Crippen LogP contribution >= 0.6 is 23.2 Å². The zero-order valence-electron chi connectivity index (χ0n) is 18.9. The van der Waals surface area contributed by atoms with Gasteiger partial charge in [-0.3, -0.25) is 9.69 Å². The number of phenolic OH excluding ortho intramolecular Hbond substituents is 1. The molecule has 1 saturated heterocycles. The molecule has 1 amide bonds. The molecule has 3 aromatic rings. The van der Waals surface area contributed by atoms with Gasteiger partial charge in [-0.05, 0) is 66.4 Å². The summed E-state index contributed by atoms with van der Waals surface area (Å²) in [6, 6.07) is 21.1. The van der Waals surface area contributed by atoms with Crippen molar-refractivity contribution in [2.75, 3.05) is 19.6 Å². The predicted molar refractivity (Wildman–Crippen MR) is 135 cm³/mol. The molecule has 1 heterocycles. The molecule has 0 radical (unpaired) electrons. The van der Waals surface area contributed by atoms with E-state index in [1.54, 1.807) is 36.4 Å². The summed E-state index contributed by atoms with van der Waals surface area (Å²) >= 11 is 12.3. The number of amides is 1. The lowest BCUT2D eigenvalue weighted by Gasteiger charge is -2.33. The molecule has 4 rings (SSSR count). The van der Waals surface area contributed by atoms with E-state index in [4.69, 9.17) is 23.2 Å². The molecule has 0 aliphatic carbocycles. The van der Waals surface area contributed by atoms with Gasteiger partial charge < -0.3 is 15.5 Å². The highest BCUT2D eigenvalue weighted by atomic mass is 35.5. The molecule has 3 aromatic carbocycles. The quantitative estimate of drug-likeness (QED) is 0.431. The van der Waals surface area contributed by atoms with E-state index in [2.05, 4.69) is 10.2 Å². The fraction of sp³-hybridized carbons (Fsp3) is 0.296. The molecule has 5 nitrogen and oxygen atoms in total. The van der Waals surface area contributed by atoms with E-state index in [1.807, 2.05) is 43.3 Å². The third-order valence-corrected chi connectivity index (χ3v) is 7.09. The van der Waals surface area contributed by atoms with Gasteiger partial charge in [-0.15, -0.1) is 0 Å². The Morgan fingerprint density at radius 1 is 1.00 bits per heavy atom. The number of nitrogens with zero attached hydrogens (tertiary/aromatic N) is 1. The van der Waals surface area contributed by atoms with Gasteiger partial charge in [0, 0.05) is 29.7 Å². The van der Waals surface area contributed by atoms with Crippen molar-refractivity contribution in [3.8, 4) is 5.75 Å². The maximum Gasteiger partial charge on any atom is 0.235 e. The van der Waals surface area contributed by atoms with Crippen molar-refractivity contribution in [3.05, 3.63) is 99.5 Å². The Morgan fingerprint density at radius 3 is 2.00 bits per heavy atom. The van der Waals surface area contributed by atoms with Crippen LogP contribution in [0.15, 0.2) is 72.8 Å². The summed E-state index contributed by atoms with van der Waals surface area (Å²) in [4.78, 5) is 16.2. The molecule has 34 heavy (non-hydrogen) atoms. The molecule has 1 aliphatic heterocycles. The fourth-order valence-electron chi connectivity index (χ4n) is 4.48. The summed E-state index contributed by atoms with van der Waals surface area (Å²) in [5, 5.41) is 24.2. The number of halogens is 2. The Hall–Kier alpha value is -2.57. The molecule has 1 aliphatic rings. The number of aromatic hydroxyl groups is 1. The number of rotatable bonds is 7. The number of nitrogens with one attached hydrogen (secondary N) is 1. The zero-order valence-corrected chi connectivity index (χ0v) is 20.4. The lowest BCUT2D eigenvalue weighted by Crippen LogP contribution is -2.47. The predicted octanol–water partition coefficient (Wildman–Crippen LogP) is 4.93. The van der Waals surface area contributed by atoms with Gasteiger partial charge in [-0.25, -0.2) is 0 Å². The first-order valence-corrected chi connectivity index (χ1v) is 12.0. The van der Waals surface area contributed by atoms with Crippen molar-refractivity contribution in [2.45, 2.75) is 30.9 Å². The number of carbonyl (C=O) groups is 1. The molecule has 0 saturated carbocycles. The van der Waals surface area contributed by atoms with Crippen molar-refractivity contribution < 1.29 is 15.0 Å². The van der Waals surface area contributed by atoms with Gasteiger partial charge in [0.15, 0.2) is 0 Å². The highest BCUT2D eigenvalue weighted by molar-refractivity contribution is 6.30. The smallest absolute Gasteiger partial charge is 0.235 e. The van der Waals surface area contributed by atoms with Crippen molar-refractivity contribution >= 4 is 29.1 Å². The highest BCUT2D eigenvalue weighted by Gasteiger charge is 2.39. The van der Waals surface area contributed by atoms with Crippen molar-refractivity contribution in [1.29, 1.82) is 0 Å². The lowest BCUT2D eigenvalue weighted by atomic mass is 9.75. The van der Waals surface area contributed by atoms with Gasteiger partial charge in [0.1, 0.15) is 5.75 Å². The second-order valence-electron chi connectivity index (χ2n) is 8.96. The molecule has 7 heteroatoms. The number of likely N-dealkylation sites (tertiary alicyclic amines) is 1. The van der Waals surface area contributed by atoms with Crippen LogP contribution in [-0.2, 0) is 10.2 Å². The van der Waals surface area contributed by atoms with Gasteiger partial charge in [0.05, 0.1) is 17.6 Å². The number of aliphatic hydroxyl groups is 1. The van der Waals surface area contributed by atoms with Crippen LogP contribution in [0.2, 0.25) is 10.0 Å². The minimum absolute atomic E-state index is 0.164. The average Bonchev–Trinajstić information content (AvgIpc) is 3.24. The number of hydrogen-bond acceptors (Lipinski definition) is 4. The van der Waals surface area contributed by atoms with E-state index in [-0.39, 0.29) is 23.8 Å². The third kappa shape index (κ3) is 5.39. The minimum atomic E-state index is -1.01. The number of hydrogen-bond donors (Lipinski definition) is 3. The van der Waals surface area contributed by atoms with Gasteiger partial charge in [0.2, 0.25) is 5.91 Å². The van der Waals surface area contributed by atoms with E-state index < -0.39 is 5.41 Å². The maximum absolute atomic E-state index is 14.0. The van der Waals surface area contributed by atoms with Crippen molar-refractivity contribution in [1.82, 2.24) is 10.2 Å². The van der Waals surface area contributed by atoms with Crippen LogP contribution in [-0.4, -0.2) is 46.8 Å². The fourth-order valence-corrected chi connectivity index (χ4v) is 4.73. The van der Waals surface area contributed by atoms with Crippen LogP contribution in [0.1, 0.15) is 36.1 Å². The number of benzene rings is 3. The second kappa shape index (κ2) is 10.4. The second-order valence-corrected chi connectivity index (χ2v) is 9.83. The van der Waals surface area contributed by atoms with Gasteiger partial charge in [0.25, 0.3) is 0 Å². The molecule has 1 unspecified atom stereocenters. The Labute approximate surface area is 209 Å². The number of carbonyl (C=O) groups excluding carboxylic acids is 1. The molecular weight excluding hydrogens is 471 g/mol. The molecular formula is C27H28Cl2N2O3. The first-order valence-electron chi connectivity index (χ1n) is 11.3. The summed E-state index contributed by atoms with van der Waals surface area (Å²) < 4.78 is 0. The molecule has 0 spiro atoms. The van der Waals surface area contributed by atoms with Crippen LogP contribution in [0.4, 0.5) is 0 Å². The molecule has 2 atom stereocenters. The van der Waals surface area contributed by atoms with Crippen molar-refractivity contribution in [3.63, 3.8) is 0 Å². The van der Waals surface area contributed by atoms with Crippen LogP contribution in [0.25, 0.3) is 0 Å². The first kappa shape index (κ1) is 24.6. The topological polar surface area (TPSA) is 72.8 Å². The molecule has 0 bridgehead atoms. The average molecular weight is 499 g/mol. The normalized spacial score (nSPS) is 17.5. The van der Waals surface area contributed by atoms with Crippen LogP contribution in [0.3, 0.4) is 0 Å². The summed E-state index contributed by atoms with van der Waals surface area (Å²) in [5.74, 6) is -0.00689. The van der Waals surface area contributed by atoms with Gasteiger partial charge in [-0.2, -0.15) is 0 Å². The van der Waals surface area contributed by atoms with Crippen molar-refractivity contribution in [2.24, 2.45) is 0 Å². The largest absolute Gasteiger partial charge is 0.508 e. The van der Waals surface area contributed by atoms with Gasteiger partial charge in [-0.1, -0.05) is 59.6 Å². The summed E-state index contributed by atoms with van der Waals surface area (Å²) in [5.41, 5.74) is 1.48. The molecule has 0 aromatic heterocycles. The van der Waals surface area contributed by atoms with Crippen LogP contribution in [0.5, 0.6) is 5.75 Å². The minimum Gasteiger partial charge on any atom is -0.508 e. The summed E-state index contributed by atoms with van der Waals surface area (Å²) in [6.07, 6.45) is 0.355. The summed E-state index contributed by atoms with van der Waals surface area (Å²) in [7, 11) is 0. The van der Waals surface area contributed by atoms with E-state index in [0.29, 0.717) is 29.6 Å². The monoisotopic (exact) mass is 498 g/mol. The van der Waals surface area contributed by atoms with Crippen LogP contribution < -0.4 is 5.32 Å². The van der Waals surface area contributed by atoms with Crippen LogP contribution in [0, 0.1) is 0 Å². The zero-order chi connectivity index (χ0) is 24.3. The standard InChI is InChI=1S/C27H28Cl2N2O3/c1-27(19-4-8-21(28)9-5-19,20-6-10-22(29)11-7-20)26(34)30-25(17-31-15-14-24(33)16-31)18-2-12-23(32)13-3-18/h2-13,24-25,32-33H,14-17H2,1H3,(H,30,34)/t24?,25-/m1/s1. The van der Waals surface area contributed by atoms with E-state index >= 15 is 0 Å². The lowest BCUT2D eigenvalue weighted by molar-refractivity contribution is -0.125. The highest BCUT2D eigenvalue weighted by Crippen LogP contribution is 2.35. The van der Waals surface area contributed by atoms with E-state index in [1.165, 1.54) is 0 Å². The molecule has 178 valence electrons. The van der Waals surface area contributed by atoms with E-state index in [9.17, 15) is 15.0 Å². The molecule has 3 N–H and O–H groups in total. The maximum atomic E-state index is 14.0. The van der Waals surface area contributed by atoms with E-state index in [0.717, 1.165) is 23.2 Å². The number of aliphatic hydroxyl groups excluding tert-OH is 1. The SMILES string of the molecule is CC(C(=O)N[C@H](CN1CCC(O)C1)c1ccc(O)cc1)(c1ccc(Cl)cc1)c1ccc(Cl)cc1. The Bertz CT molecular complexity index is 1070.